The molecule has 1 heterocycles. The van der Waals surface area contributed by atoms with Gasteiger partial charge in [0.05, 0.1) is 13.4 Å². The van der Waals surface area contributed by atoms with Crippen LogP contribution in [0.15, 0.2) is 34.9 Å². The number of nitrogens with one attached hydrogen (secondary N) is 1. The molecule has 0 saturated carbocycles. The number of aromatic nitrogens is 1. The molecule has 0 spiro atoms. The molecule has 136 valence electrons. The Labute approximate surface area is 146 Å². The number of sulfonamides is 1. The lowest BCUT2D eigenvalue weighted by molar-refractivity contribution is -0.116. The van der Waals surface area contributed by atoms with Gasteiger partial charge in [-0.3, -0.25) is 4.79 Å². The van der Waals surface area contributed by atoms with E-state index in [0.717, 1.165) is 11.8 Å². The highest BCUT2D eigenvalue weighted by atomic mass is 32.2. The van der Waals surface area contributed by atoms with Crippen molar-refractivity contribution in [1.29, 1.82) is 0 Å². The van der Waals surface area contributed by atoms with Crippen molar-refractivity contribution in [2.24, 2.45) is 0 Å². The van der Waals surface area contributed by atoms with Crippen LogP contribution in [0.1, 0.15) is 17.7 Å². The minimum atomic E-state index is -3.49. The second kappa shape index (κ2) is 8.13. The minimum absolute atomic E-state index is 0.00583. The summed E-state index contributed by atoms with van der Waals surface area (Å²) in [6, 6.07) is 8.74. The van der Waals surface area contributed by atoms with E-state index in [4.69, 9.17) is 9.26 Å². The van der Waals surface area contributed by atoms with E-state index in [-0.39, 0.29) is 25.4 Å². The molecule has 0 saturated heterocycles. The van der Waals surface area contributed by atoms with Crippen molar-refractivity contribution in [3.63, 3.8) is 0 Å². The van der Waals surface area contributed by atoms with Gasteiger partial charge in [0.25, 0.3) is 0 Å². The van der Waals surface area contributed by atoms with Gasteiger partial charge in [0.2, 0.25) is 15.9 Å². The Morgan fingerprint density at radius 1 is 1.36 bits per heavy atom. The summed E-state index contributed by atoms with van der Waals surface area (Å²) in [7, 11) is -1.96. The number of nitrogens with zero attached hydrogens (tertiary/aromatic N) is 2. The monoisotopic (exact) mass is 367 g/mol. The van der Waals surface area contributed by atoms with Gasteiger partial charge in [-0.1, -0.05) is 23.4 Å². The van der Waals surface area contributed by atoms with Crippen molar-refractivity contribution in [3.8, 4) is 5.75 Å². The molecule has 1 aromatic carbocycles. The number of ether oxygens (including phenoxy) is 1. The van der Waals surface area contributed by atoms with Crippen molar-refractivity contribution in [3.05, 3.63) is 41.7 Å². The summed E-state index contributed by atoms with van der Waals surface area (Å²) < 4.78 is 35.4. The van der Waals surface area contributed by atoms with Crippen LogP contribution in [0.4, 0.5) is 5.82 Å². The Hall–Kier alpha value is -2.39. The average molecular weight is 367 g/mol. The molecule has 2 aromatic rings. The number of methoxy groups -OCH3 is 1. The quantitative estimate of drug-likeness (QED) is 0.763. The van der Waals surface area contributed by atoms with Crippen LogP contribution in [0, 0.1) is 6.92 Å². The topological polar surface area (TPSA) is 102 Å². The average Bonchev–Trinajstić information content (AvgIpc) is 2.95. The summed E-state index contributed by atoms with van der Waals surface area (Å²) in [5, 5.41) is 6.23. The number of hydrogen-bond donors (Lipinski definition) is 1. The first-order valence-electron chi connectivity index (χ1n) is 7.60. The standard InChI is InChI=1S/C16H21N3O5S/c1-12-10-15(18-24-12)17-16(20)8-9-19(25(3,21)22)11-13-6-4-5-7-14(13)23-2/h4-7,10H,8-9,11H2,1-3H3,(H,17,18,20). The maximum atomic E-state index is 12.0. The first-order chi connectivity index (χ1) is 11.8. The number of carbonyl (C=O) groups excluding carboxylic acids is 1. The molecule has 0 bridgehead atoms. The smallest absolute Gasteiger partial charge is 0.226 e. The van der Waals surface area contributed by atoms with Gasteiger partial charge < -0.3 is 14.6 Å². The highest BCUT2D eigenvalue weighted by molar-refractivity contribution is 7.88. The lowest BCUT2D eigenvalue weighted by atomic mass is 10.2. The summed E-state index contributed by atoms with van der Waals surface area (Å²) in [5.74, 6) is 1.13. The Bertz CT molecular complexity index is 832. The number of rotatable bonds is 8. The summed E-state index contributed by atoms with van der Waals surface area (Å²) in [5.41, 5.74) is 0.725. The third kappa shape index (κ3) is 5.57. The minimum Gasteiger partial charge on any atom is -0.496 e. The Morgan fingerprint density at radius 2 is 2.08 bits per heavy atom. The fraction of sp³-hybridized carbons (Fsp3) is 0.375. The van der Waals surface area contributed by atoms with Crippen LogP contribution in [-0.2, 0) is 21.4 Å². The molecule has 1 amide bonds. The second-order valence-corrected chi connectivity index (χ2v) is 7.51. The van der Waals surface area contributed by atoms with E-state index in [2.05, 4.69) is 10.5 Å². The number of anilines is 1. The predicted octanol–water partition coefficient (Wildman–Crippen LogP) is 1.78. The number of para-hydroxylation sites is 1. The molecule has 0 aliphatic heterocycles. The lowest BCUT2D eigenvalue weighted by Gasteiger charge is -2.20. The molecule has 2 rings (SSSR count). The zero-order valence-corrected chi connectivity index (χ0v) is 15.2. The Kier molecular flexibility index (Phi) is 6.16. The largest absolute Gasteiger partial charge is 0.496 e. The van der Waals surface area contributed by atoms with Crippen molar-refractivity contribution in [2.45, 2.75) is 19.9 Å². The van der Waals surface area contributed by atoms with Gasteiger partial charge >= 0.3 is 0 Å². The van der Waals surface area contributed by atoms with Gasteiger partial charge in [-0.2, -0.15) is 4.31 Å². The third-order valence-electron chi connectivity index (χ3n) is 3.49. The maximum absolute atomic E-state index is 12.0. The van der Waals surface area contributed by atoms with Crippen molar-refractivity contribution >= 4 is 21.7 Å². The zero-order chi connectivity index (χ0) is 18.4. The van der Waals surface area contributed by atoms with Crippen LogP contribution in [0.25, 0.3) is 0 Å². The molecule has 0 atom stereocenters. The summed E-state index contributed by atoms with van der Waals surface area (Å²) in [6.45, 7) is 1.88. The normalized spacial score (nSPS) is 11.5. The molecular weight excluding hydrogens is 346 g/mol. The van der Waals surface area contributed by atoms with Gasteiger partial charge in [-0.25, -0.2) is 8.42 Å². The molecule has 1 aromatic heterocycles. The molecule has 1 N–H and O–H groups in total. The van der Waals surface area contributed by atoms with Gasteiger partial charge in [-0.05, 0) is 13.0 Å². The van der Waals surface area contributed by atoms with E-state index in [1.165, 1.54) is 11.4 Å². The number of carbonyl (C=O) groups is 1. The van der Waals surface area contributed by atoms with E-state index < -0.39 is 10.0 Å². The van der Waals surface area contributed by atoms with Crippen LogP contribution < -0.4 is 10.1 Å². The van der Waals surface area contributed by atoms with Gasteiger partial charge in [0.1, 0.15) is 11.5 Å². The van der Waals surface area contributed by atoms with E-state index in [0.29, 0.717) is 17.3 Å². The second-order valence-electron chi connectivity index (χ2n) is 5.53. The van der Waals surface area contributed by atoms with E-state index in [1.807, 2.05) is 0 Å². The SMILES string of the molecule is COc1ccccc1CN(CCC(=O)Nc1cc(C)on1)S(C)(=O)=O. The van der Waals surface area contributed by atoms with Crippen LogP contribution >= 0.6 is 0 Å². The molecule has 0 unspecified atom stereocenters. The molecule has 8 nitrogen and oxygen atoms in total. The first-order valence-corrected chi connectivity index (χ1v) is 9.44. The molecule has 9 heteroatoms. The molecule has 0 radical (unpaired) electrons. The van der Waals surface area contributed by atoms with E-state index in [1.54, 1.807) is 37.3 Å². The van der Waals surface area contributed by atoms with Crippen molar-refractivity contribution in [1.82, 2.24) is 9.46 Å². The van der Waals surface area contributed by atoms with Crippen LogP contribution in [0.5, 0.6) is 5.75 Å². The fourth-order valence-electron chi connectivity index (χ4n) is 2.24. The number of hydrogen-bond acceptors (Lipinski definition) is 6. The van der Waals surface area contributed by atoms with Gasteiger partial charge in [0, 0.05) is 31.1 Å². The Balaban J connectivity index is 2.02. The van der Waals surface area contributed by atoms with Crippen LogP contribution in [-0.4, -0.2) is 43.7 Å². The number of amides is 1. The number of benzene rings is 1. The van der Waals surface area contributed by atoms with Gasteiger partial charge in [0.15, 0.2) is 5.82 Å². The molecule has 0 aliphatic rings. The van der Waals surface area contributed by atoms with Crippen LogP contribution in [0.2, 0.25) is 0 Å². The summed E-state index contributed by atoms with van der Waals surface area (Å²) >= 11 is 0. The highest BCUT2D eigenvalue weighted by Gasteiger charge is 2.20. The number of aryl methyl sites for hydroxylation is 1. The molecular formula is C16H21N3O5S. The third-order valence-corrected chi connectivity index (χ3v) is 4.74. The lowest BCUT2D eigenvalue weighted by Crippen LogP contribution is -2.32. The van der Waals surface area contributed by atoms with Crippen molar-refractivity contribution < 1.29 is 22.5 Å². The van der Waals surface area contributed by atoms with Crippen molar-refractivity contribution in [2.75, 3.05) is 25.2 Å². The first kappa shape index (κ1) is 18.9. The van der Waals surface area contributed by atoms with Crippen LogP contribution in [0.3, 0.4) is 0 Å². The summed E-state index contributed by atoms with van der Waals surface area (Å²) in [4.78, 5) is 12.0. The summed E-state index contributed by atoms with van der Waals surface area (Å²) in [6.07, 6.45) is 1.11. The fourth-order valence-corrected chi connectivity index (χ4v) is 3.04. The molecule has 25 heavy (non-hydrogen) atoms. The predicted molar refractivity (Wildman–Crippen MR) is 92.7 cm³/mol. The van der Waals surface area contributed by atoms with E-state index in [9.17, 15) is 13.2 Å². The molecule has 0 aliphatic carbocycles. The zero-order valence-electron chi connectivity index (χ0n) is 14.4. The molecule has 0 fully saturated rings. The highest BCUT2D eigenvalue weighted by Crippen LogP contribution is 2.20. The maximum Gasteiger partial charge on any atom is 0.226 e. The Morgan fingerprint density at radius 3 is 2.68 bits per heavy atom. The van der Waals surface area contributed by atoms with E-state index >= 15 is 0 Å². The van der Waals surface area contributed by atoms with Gasteiger partial charge in [-0.15, -0.1) is 0 Å².